The molecule has 1 aromatic carbocycles. The lowest BCUT2D eigenvalue weighted by molar-refractivity contribution is -0.0920. The molecule has 1 aromatic heterocycles. The number of hydrogen-bond donors (Lipinski definition) is 1. The second-order valence-electron chi connectivity index (χ2n) is 5.87. The molecule has 26 heavy (non-hydrogen) atoms. The van der Waals surface area contributed by atoms with Crippen molar-refractivity contribution in [3.8, 4) is 0 Å². The van der Waals surface area contributed by atoms with E-state index in [4.69, 9.17) is 0 Å². The zero-order valence-corrected chi connectivity index (χ0v) is 15.0. The number of alkyl halides is 3. The molecule has 2 heterocycles. The quantitative estimate of drug-likeness (QED) is 0.647. The summed E-state index contributed by atoms with van der Waals surface area (Å²) in [6.07, 6.45) is -1.85. The van der Waals surface area contributed by atoms with Crippen LogP contribution in [0.4, 0.5) is 18.9 Å². The summed E-state index contributed by atoms with van der Waals surface area (Å²) in [5.74, 6) is -0.0152. The normalized spacial score (nSPS) is 16.1. The first-order chi connectivity index (χ1) is 12.2. The van der Waals surface area contributed by atoms with Crippen LogP contribution in [0.5, 0.6) is 0 Å². The van der Waals surface area contributed by atoms with Crippen molar-refractivity contribution >= 4 is 38.7 Å². The van der Waals surface area contributed by atoms with Gasteiger partial charge < -0.3 is 5.32 Å². The van der Waals surface area contributed by atoms with E-state index in [0.29, 0.717) is 5.71 Å². The molecular formula is C19H16F3N3S. The molecule has 0 radical (unpaired) electrons. The third kappa shape index (κ3) is 4.11. The van der Waals surface area contributed by atoms with E-state index in [1.54, 1.807) is 24.3 Å². The van der Waals surface area contributed by atoms with Gasteiger partial charge in [-0.15, -0.1) is 11.3 Å². The molecule has 3 rings (SSSR count). The Morgan fingerprint density at radius 2 is 2.04 bits per heavy atom. The minimum atomic E-state index is -4.50. The average Bonchev–Trinajstić information content (AvgIpc) is 3.13. The average molecular weight is 375 g/mol. The van der Waals surface area contributed by atoms with Crippen molar-refractivity contribution in [2.24, 2.45) is 9.98 Å². The Kier molecular flexibility index (Phi) is 4.82. The summed E-state index contributed by atoms with van der Waals surface area (Å²) < 4.78 is 39.3. The van der Waals surface area contributed by atoms with Gasteiger partial charge in [0.2, 0.25) is 0 Å². The van der Waals surface area contributed by atoms with E-state index < -0.39 is 11.9 Å². The molecule has 1 aliphatic rings. The fraction of sp³-hybridized carbons (Fsp3) is 0.158. The highest BCUT2D eigenvalue weighted by Gasteiger charge is 2.36. The molecule has 3 nitrogen and oxygen atoms in total. The SMILES string of the molecule is C=C1C=C(C(F)(F)F)N=C1N=C(C)/C=C(\C)Nc1ccc2sccc2c1. The lowest BCUT2D eigenvalue weighted by Crippen LogP contribution is -2.08. The molecule has 0 unspecified atom stereocenters. The third-order valence-corrected chi connectivity index (χ3v) is 4.51. The Morgan fingerprint density at radius 1 is 1.27 bits per heavy atom. The van der Waals surface area contributed by atoms with E-state index in [-0.39, 0.29) is 11.4 Å². The van der Waals surface area contributed by atoms with Crippen LogP contribution in [0.1, 0.15) is 13.8 Å². The van der Waals surface area contributed by atoms with Gasteiger partial charge in [-0.1, -0.05) is 6.58 Å². The Morgan fingerprint density at radius 3 is 2.73 bits per heavy atom. The number of anilines is 1. The maximum absolute atomic E-state index is 12.7. The molecule has 2 aromatic rings. The minimum absolute atomic E-state index is 0.0152. The van der Waals surface area contributed by atoms with Crippen LogP contribution in [0.15, 0.2) is 75.3 Å². The van der Waals surface area contributed by atoms with Crippen LogP contribution in [0.2, 0.25) is 0 Å². The second-order valence-corrected chi connectivity index (χ2v) is 6.81. The van der Waals surface area contributed by atoms with Crippen molar-refractivity contribution in [2.45, 2.75) is 20.0 Å². The van der Waals surface area contributed by atoms with Crippen LogP contribution in [0, 0.1) is 0 Å². The topological polar surface area (TPSA) is 36.8 Å². The van der Waals surface area contributed by atoms with E-state index in [9.17, 15) is 13.2 Å². The Balaban J connectivity index is 1.74. The van der Waals surface area contributed by atoms with Crippen LogP contribution in [-0.2, 0) is 0 Å². The van der Waals surface area contributed by atoms with Crippen LogP contribution in [0.3, 0.4) is 0 Å². The standard InChI is InChI=1S/C19H16F3N3S/c1-11-8-17(19(20,21)22)25-18(11)24-13(3)9-12(2)23-15-4-5-16-14(10-15)6-7-26-16/h4-10,23H,1H2,2-3H3/b12-9+,24-13?. The van der Waals surface area contributed by atoms with E-state index in [1.165, 1.54) is 4.70 Å². The lowest BCUT2D eigenvalue weighted by Gasteiger charge is -2.07. The Bertz CT molecular complexity index is 991. The van der Waals surface area contributed by atoms with Gasteiger partial charge in [-0.05, 0) is 61.0 Å². The maximum Gasteiger partial charge on any atom is 0.433 e. The number of thiophene rings is 1. The summed E-state index contributed by atoms with van der Waals surface area (Å²) in [5, 5.41) is 6.44. The van der Waals surface area contributed by atoms with Gasteiger partial charge in [-0.25, -0.2) is 9.98 Å². The number of halogens is 3. The molecule has 7 heteroatoms. The summed E-state index contributed by atoms with van der Waals surface area (Å²) in [5.41, 5.74) is 1.45. The molecule has 0 saturated carbocycles. The number of fused-ring (bicyclic) bond motifs is 1. The van der Waals surface area contributed by atoms with Gasteiger partial charge in [0.15, 0.2) is 5.84 Å². The van der Waals surface area contributed by atoms with Crippen molar-refractivity contribution in [3.05, 3.63) is 65.3 Å². The highest BCUT2D eigenvalue weighted by molar-refractivity contribution is 7.17. The number of benzene rings is 1. The number of allylic oxidation sites excluding steroid dienone is 3. The molecule has 134 valence electrons. The van der Waals surface area contributed by atoms with Gasteiger partial charge in [0.1, 0.15) is 5.70 Å². The molecule has 1 N–H and O–H groups in total. The van der Waals surface area contributed by atoms with E-state index >= 15 is 0 Å². The number of hydrogen-bond acceptors (Lipinski definition) is 4. The molecule has 0 saturated heterocycles. The molecule has 0 spiro atoms. The van der Waals surface area contributed by atoms with Gasteiger partial charge in [0, 0.05) is 27.4 Å². The van der Waals surface area contributed by atoms with Gasteiger partial charge in [-0.3, -0.25) is 0 Å². The van der Waals surface area contributed by atoms with Crippen LogP contribution < -0.4 is 5.32 Å². The van der Waals surface area contributed by atoms with E-state index in [0.717, 1.165) is 22.8 Å². The zero-order chi connectivity index (χ0) is 18.9. The number of amidine groups is 1. The Labute approximate surface area is 153 Å². The number of nitrogens with zero attached hydrogens (tertiary/aromatic N) is 2. The van der Waals surface area contributed by atoms with E-state index in [1.807, 2.05) is 36.6 Å². The minimum Gasteiger partial charge on any atom is -0.359 e. The predicted molar refractivity (Wildman–Crippen MR) is 103 cm³/mol. The first kappa shape index (κ1) is 18.1. The first-order valence-corrected chi connectivity index (χ1v) is 8.65. The molecule has 0 bridgehead atoms. The van der Waals surface area contributed by atoms with Gasteiger partial charge in [0.05, 0.1) is 0 Å². The summed E-state index contributed by atoms with van der Waals surface area (Å²) in [7, 11) is 0. The first-order valence-electron chi connectivity index (χ1n) is 7.77. The summed E-state index contributed by atoms with van der Waals surface area (Å²) in [6.45, 7) is 7.14. The predicted octanol–water partition coefficient (Wildman–Crippen LogP) is 6.09. The van der Waals surface area contributed by atoms with Crippen molar-refractivity contribution in [1.29, 1.82) is 0 Å². The Hall–Kier alpha value is -2.67. The van der Waals surface area contributed by atoms with Gasteiger partial charge in [0.25, 0.3) is 0 Å². The van der Waals surface area contributed by atoms with Crippen LogP contribution in [-0.4, -0.2) is 17.7 Å². The van der Waals surface area contributed by atoms with E-state index in [2.05, 4.69) is 21.9 Å². The molecule has 0 amide bonds. The van der Waals surface area contributed by atoms with Gasteiger partial charge in [-0.2, -0.15) is 13.2 Å². The number of nitrogens with one attached hydrogen (secondary N) is 1. The highest BCUT2D eigenvalue weighted by Crippen LogP contribution is 2.31. The van der Waals surface area contributed by atoms with Crippen molar-refractivity contribution in [3.63, 3.8) is 0 Å². The monoisotopic (exact) mass is 375 g/mol. The van der Waals surface area contributed by atoms with Crippen LogP contribution in [0.25, 0.3) is 10.1 Å². The number of rotatable bonds is 3. The molecule has 0 fully saturated rings. The summed E-state index contributed by atoms with van der Waals surface area (Å²) in [4.78, 5) is 7.66. The van der Waals surface area contributed by atoms with Crippen molar-refractivity contribution in [1.82, 2.24) is 0 Å². The van der Waals surface area contributed by atoms with Gasteiger partial charge >= 0.3 is 6.18 Å². The highest BCUT2D eigenvalue weighted by atomic mass is 32.1. The summed E-state index contributed by atoms with van der Waals surface area (Å²) >= 11 is 1.68. The smallest absolute Gasteiger partial charge is 0.359 e. The molecule has 0 aliphatic carbocycles. The largest absolute Gasteiger partial charge is 0.433 e. The van der Waals surface area contributed by atoms with Crippen molar-refractivity contribution < 1.29 is 13.2 Å². The fourth-order valence-corrected chi connectivity index (χ4v) is 3.28. The van der Waals surface area contributed by atoms with Crippen molar-refractivity contribution in [2.75, 3.05) is 5.32 Å². The molecule has 1 aliphatic heterocycles. The zero-order valence-electron chi connectivity index (χ0n) is 14.2. The fourth-order valence-electron chi connectivity index (χ4n) is 2.51. The molecule has 0 atom stereocenters. The maximum atomic E-state index is 12.7. The second kappa shape index (κ2) is 6.92. The third-order valence-electron chi connectivity index (χ3n) is 3.62. The molecular weight excluding hydrogens is 359 g/mol. The van der Waals surface area contributed by atoms with Crippen LogP contribution >= 0.6 is 11.3 Å². The summed E-state index contributed by atoms with van der Waals surface area (Å²) in [6, 6.07) is 8.10. The lowest BCUT2D eigenvalue weighted by atomic mass is 10.2. The number of aliphatic imine (C=N–C) groups is 2.